The molecule has 0 aromatic heterocycles. The lowest BCUT2D eigenvalue weighted by Crippen LogP contribution is -2.48. The average Bonchev–Trinajstić information content (AvgIpc) is 2.82. The van der Waals surface area contributed by atoms with E-state index in [1.165, 1.54) is 6.21 Å². The van der Waals surface area contributed by atoms with E-state index in [4.69, 9.17) is 25.8 Å². The molecule has 2 aromatic carbocycles. The molecule has 2 N–H and O–H groups in total. The van der Waals surface area contributed by atoms with E-state index in [1.54, 1.807) is 49.4 Å². The third-order valence-electron chi connectivity index (χ3n) is 4.66. The molecule has 0 radical (unpaired) electrons. The Morgan fingerprint density at radius 1 is 1.03 bits per heavy atom. The van der Waals surface area contributed by atoms with Crippen molar-refractivity contribution < 1.29 is 28.6 Å². The summed E-state index contributed by atoms with van der Waals surface area (Å²) in [5, 5.41) is 7.00. The molecule has 2 amide bonds. The van der Waals surface area contributed by atoms with Crippen LogP contribution in [0.3, 0.4) is 0 Å². The first-order valence-electron chi connectivity index (χ1n) is 11.2. The van der Waals surface area contributed by atoms with Crippen LogP contribution in [-0.2, 0) is 14.3 Å². The van der Waals surface area contributed by atoms with E-state index >= 15 is 0 Å². The molecule has 9 nitrogen and oxygen atoms in total. The molecule has 0 aliphatic heterocycles. The van der Waals surface area contributed by atoms with Crippen LogP contribution in [0.25, 0.3) is 0 Å². The molecule has 188 valence electrons. The summed E-state index contributed by atoms with van der Waals surface area (Å²) in [5.74, 6) is -0.812. The Labute approximate surface area is 209 Å². The van der Waals surface area contributed by atoms with Crippen LogP contribution in [0.2, 0.25) is 5.02 Å². The van der Waals surface area contributed by atoms with Crippen molar-refractivity contribution in [3.63, 3.8) is 0 Å². The van der Waals surface area contributed by atoms with Crippen molar-refractivity contribution in [2.24, 2.45) is 11.0 Å². The second-order valence-electron chi connectivity index (χ2n) is 7.64. The highest BCUT2D eigenvalue weighted by molar-refractivity contribution is 6.33. The van der Waals surface area contributed by atoms with Crippen molar-refractivity contribution in [1.29, 1.82) is 0 Å². The molecular formula is C25H30ClN3O6. The zero-order chi connectivity index (χ0) is 25.8. The molecule has 0 saturated carbocycles. The van der Waals surface area contributed by atoms with Gasteiger partial charge < -0.3 is 19.5 Å². The fourth-order valence-electron chi connectivity index (χ4n) is 2.97. The number of nitrogens with zero attached hydrogens (tertiary/aromatic N) is 1. The number of esters is 1. The number of rotatable bonds is 12. The number of nitrogens with one attached hydrogen (secondary N) is 2. The van der Waals surface area contributed by atoms with Crippen LogP contribution in [0.1, 0.15) is 43.6 Å². The molecule has 0 spiro atoms. The van der Waals surface area contributed by atoms with Gasteiger partial charge >= 0.3 is 5.97 Å². The van der Waals surface area contributed by atoms with E-state index < -0.39 is 23.8 Å². The lowest BCUT2D eigenvalue weighted by Gasteiger charge is -2.20. The number of amides is 2. The van der Waals surface area contributed by atoms with E-state index in [0.29, 0.717) is 28.7 Å². The summed E-state index contributed by atoms with van der Waals surface area (Å²) in [6, 6.07) is 10.8. The van der Waals surface area contributed by atoms with Gasteiger partial charge in [0.1, 0.15) is 6.04 Å². The second-order valence-corrected chi connectivity index (χ2v) is 8.05. The summed E-state index contributed by atoms with van der Waals surface area (Å²) in [7, 11) is 0. The van der Waals surface area contributed by atoms with Gasteiger partial charge in [-0.15, -0.1) is 0 Å². The number of hydrogen-bond donors (Lipinski definition) is 2. The topological polar surface area (TPSA) is 115 Å². The van der Waals surface area contributed by atoms with Crippen molar-refractivity contribution >= 4 is 35.6 Å². The number of halogens is 1. The standard InChI is InChI=1S/C25H30ClN3O6/c1-5-33-21-13-17(11-12-20(21)35-15-22(30)34-6-2)14-27-29-25(32)23(16(3)4)28-24(31)18-9-7-8-10-19(18)26/h7-14,16,23H,5-6,15H2,1-4H3,(H,28,31)(H,29,32). The predicted octanol–water partition coefficient (Wildman–Crippen LogP) is 3.59. The predicted molar refractivity (Wildman–Crippen MR) is 133 cm³/mol. The van der Waals surface area contributed by atoms with E-state index in [-0.39, 0.29) is 24.7 Å². The first-order valence-corrected chi connectivity index (χ1v) is 11.6. The van der Waals surface area contributed by atoms with Gasteiger partial charge in [-0.3, -0.25) is 9.59 Å². The Morgan fingerprint density at radius 2 is 1.77 bits per heavy atom. The molecule has 0 saturated heterocycles. The molecule has 1 unspecified atom stereocenters. The number of hydrazone groups is 1. The van der Waals surface area contributed by atoms with E-state index in [2.05, 4.69) is 15.8 Å². The minimum atomic E-state index is -0.825. The number of carbonyl (C=O) groups excluding carboxylic acids is 3. The quantitative estimate of drug-likeness (QED) is 0.260. The minimum Gasteiger partial charge on any atom is -0.490 e. The molecule has 2 aromatic rings. The van der Waals surface area contributed by atoms with Crippen LogP contribution in [0, 0.1) is 5.92 Å². The zero-order valence-corrected chi connectivity index (χ0v) is 20.9. The molecule has 2 rings (SSSR count). The maximum absolute atomic E-state index is 12.7. The van der Waals surface area contributed by atoms with Crippen molar-refractivity contribution in [2.75, 3.05) is 19.8 Å². The number of benzene rings is 2. The van der Waals surface area contributed by atoms with Crippen molar-refractivity contribution in [1.82, 2.24) is 10.7 Å². The van der Waals surface area contributed by atoms with E-state index in [0.717, 1.165) is 0 Å². The minimum absolute atomic E-state index is 0.197. The van der Waals surface area contributed by atoms with Crippen molar-refractivity contribution in [3.05, 3.63) is 58.6 Å². The number of ether oxygens (including phenoxy) is 3. The first kappa shape index (κ1) is 27.7. The van der Waals surface area contributed by atoms with Crippen LogP contribution >= 0.6 is 11.6 Å². The van der Waals surface area contributed by atoms with E-state index in [9.17, 15) is 14.4 Å². The average molecular weight is 504 g/mol. The molecule has 0 heterocycles. The van der Waals surface area contributed by atoms with Gasteiger partial charge in [0, 0.05) is 0 Å². The second kappa shape index (κ2) is 14.0. The summed E-state index contributed by atoms with van der Waals surface area (Å²) in [6.45, 7) is 7.56. The van der Waals surface area contributed by atoms with Crippen LogP contribution < -0.4 is 20.2 Å². The Kier molecular flexibility index (Phi) is 11.0. The summed E-state index contributed by atoms with van der Waals surface area (Å²) >= 11 is 6.08. The summed E-state index contributed by atoms with van der Waals surface area (Å²) in [4.78, 5) is 36.8. The molecular weight excluding hydrogens is 474 g/mol. The van der Waals surface area contributed by atoms with Crippen LogP contribution in [0.4, 0.5) is 0 Å². The Balaban J connectivity index is 2.04. The zero-order valence-electron chi connectivity index (χ0n) is 20.2. The lowest BCUT2D eigenvalue weighted by molar-refractivity contribution is -0.145. The molecule has 0 aliphatic carbocycles. The van der Waals surface area contributed by atoms with Crippen molar-refractivity contribution in [3.8, 4) is 11.5 Å². The van der Waals surface area contributed by atoms with Gasteiger partial charge in [0.2, 0.25) is 0 Å². The maximum Gasteiger partial charge on any atom is 0.344 e. The monoisotopic (exact) mass is 503 g/mol. The third-order valence-corrected chi connectivity index (χ3v) is 4.99. The molecule has 0 bridgehead atoms. The van der Waals surface area contributed by atoms with Crippen LogP contribution in [0.5, 0.6) is 11.5 Å². The molecule has 0 aliphatic rings. The Bertz CT molecular complexity index is 1060. The number of hydrogen-bond acceptors (Lipinski definition) is 7. The van der Waals surface area contributed by atoms with E-state index in [1.807, 2.05) is 20.8 Å². The maximum atomic E-state index is 12.7. The highest BCUT2D eigenvalue weighted by Gasteiger charge is 2.25. The number of carbonyl (C=O) groups is 3. The fraction of sp³-hybridized carbons (Fsp3) is 0.360. The smallest absolute Gasteiger partial charge is 0.344 e. The van der Waals surface area contributed by atoms with Gasteiger partial charge in [0.05, 0.1) is 30.0 Å². The molecule has 35 heavy (non-hydrogen) atoms. The van der Waals surface area contributed by atoms with Gasteiger partial charge in [0.15, 0.2) is 18.1 Å². The van der Waals surface area contributed by atoms with Gasteiger partial charge in [-0.05, 0) is 55.7 Å². The highest BCUT2D eigenvalue weighted by Crippen LogP contribution is 2.28. The van der Waals surface area contributed by atoms with Gasteiger partial charge in [-0.25, -0.2) is 10.2 Å². The van der Waals surface area contributed by atoms with Gasteiger partial charge in [-0.1, -0.05) is 37.6 Å². The highest BCUT2D eigenvalue weighted by atomic mass is 35.5. The largest absolute Gasteiger partial charge is 0.490 e. The van der Waals surface area contributed by atoms with Crippen LogP contribution in [0.15, 0.2) is 47.6 Å². The molecule has 10 heteroatoms. The summed E-state index contributed by atoms with van der Waals surface area (Å²) in [5.41, 5.74) is 3.36. The Morgan fingerprint density at radius 3 is 2.43 bits per heavy atom. The summed E-state index contributed by atoms with van der Waals surface area (Å²) < 4.78 is 15.9. The van der Waals surface area contributed by atoms with Gasteiger partial charge in [0.25, 0.3) is 11.8 Å². The summed E-state index contributed by atoms with van der Waals surface area (Å²) in [6.07, 6.45) is 1.43. The molecule has 0 fully saturated rings. The molecule has 1 atom stereocenters. The van der Waals surface area contributed by atoms with Gasteiger partial charge in [-0.2, -0.15) is 5.10 Å². The lowest BCUT2D eigenvalue weighted by atomic mass is 10.0. The van der Waals surface area contributed by atoms with Crippen molar-refractivity contribution in [2.45, 2.75) is 33.7 Å². The SMILES string of the molecule is CCOC(=O)COc1ccc(C=NNC(=O)C(NC(=O)c2ccccc2Cl)C(C)C)cc1OCC. The first-order chi connectivity index (χ1) is 16.8. The fourth-order valence-corrected chi connectivity index (χ4v) is 3.19. The third kappa shape index (κ3) is 8.60. The normalized spacial score (nSPS) is 11.7. The van der Waals surface area contributed by atoms with Crippen LogP contribution in [-0.4, -0.2) is 49.9 Å². The Hall–Kier alpha value is -3.59.